The Balaban J connectivity index is 2.60. The zero-order valence-corrected chi connectivity index (χ0v) is 10.9. The maximum Gasteiger partial charge on any atom is 0.356 e. The molecule has 2 aromatic rings. The molecule has 0 aliphatic carbocycles. The van der Waals surface area contributed by atoms with E-state index in [1.54, 1.807) is 11.5 Å². The molecule has 0 amide bonds. The number of carboxylic acid groups (broad SMARTS) is 1. The molecule has 0 saturated heterocycles. The van der Waals surface area contributed by atoms with Gasteiger partial charge in [-0.15, -0.1) is 0 Å². The number of fused-ring (bicyclic) bond motifs is 1. The molecule has 90 valence electrons. The largest absolute Gasteiger partial charge is 0.476 e. The van der Waals surface area contributed by atoms with Gasteiger partial charge >= 0.3 is 5.97 Å². The molecule has 5 nitrogen and oxygen atoms in total. The summed E-state index contributed by atoms with van der Waals surface area (Å²) in [5.41, 5.74) is 1.54. The van der Waals surface area contributed by atoms with E-state index in [4.69, 9.17) is 9.84 Å². The number of halogens is 1. The van der Waals surface area contributed by atoms with Crippen LogP contribution in [-0.2, 0) is 4.74 Å². The molecule has 0 aliphatic heterocycles. The van der Waals surface area contributed by atoms with Crippen LogP contribution in [0.2, 0.25) is 0 Å². The molecule has 2 aromatic heterocycles. The molecule has 0 radical (unpaired) electrons. The fraction of sp³-hybridized carbons (Fsp3) is 0.273. The number of methoxy groups -OCH3 is 1. The van der Waals surface area contributed by atoms with Gasteiger partial charge in [-0.05, 0) is 34.5 Å². The normalized spacial score (nSPS) is 12.9. The lowest BCUT2D eigenvalue weighted by Gasteiger charge is -2.10. The number of nitrogens with zero attached hydrogens (tertiary/aromatic N) is 2. The molecule has 0 saturated carbocycles. The van der Waals surface area contributed by atoms with E-state index in [1.807, 2.05) is 19.2 Å². The Bertz CT molecular complexity index is 579. The van der Waals surface area contributed by atoms with Gasteiger partial charge in [-0.2, -0.15) is 0 Å². The van der Waals surface area contributed by atoms with Crippen molar-refractivity contribution in [2.75, 3.05) is 7.11 Å². The van der Waals surface area contributed by atoms with Crippen molar-refractivity contribution in [3.05, 3.63) is 34.2 Å². The van der Waals surface area contributed by atoms with E-state index < -0.39 is 5.97 Å². The summed E-state index contributed by atoms with van der Waals surface area (Å²) in [5.74, 6) is -1.04. The molecule has 1 atom stereocenters. The molecule has 17 heavy (non-hydrogen) atoms. The lowest BCUT2D eigenvalue weighted by molar-refractivity contribution is 0.0691. The minimum atomic E-state index is -1.04. The summed E-state index contributed by atoms with van der Waals surface area (Å²) >= 11 is 3.38. The summed E-state index contributed by atoms with van der Waals surface area (Å²) in [6.45, 7) is 1.92. The van der Waals surface area contributed by atoms with Gasteiger partial charge in [0.05, 0.1) is 10.6 Å². The SMILES string of the molecule is CO[C@@H](C)c1cc(Br)c2nc(C(=O)O)cn2c1. The maximum absolute atomic E-state index is 10.8. The van der Waals surface area contributed by atoms with Crippen LogP contribution in [0.25, 0.3) is 5.65 Å². The van der Waals surface area contributed by atoms with Crippen LogP contribution in [0.4, 0.5) is 0 Å². The molecule has 1 N–H and O–H groups in total. The van der Waals surface area contributed by atoms with Crippen LogP contribution >= 0.6 is 15.9 Å². The maximum atomic E-state index is 10.8. The van der Waals surface area contributed by atoms with Crippen LogP contribution in [0.1, 0.15) is 29.1 Å². The van der Waals surface area contributed by atoms with Crippen LogP contribution in [0, 0.1) is 0 Å². The third-order valence-electron chi connectivity index (χ3n) is 2.57. The van der Waals surface area contributed by atoms with Crippen LogP contribution in [0.3, 0.4) is 0 Å². The first-order valence-corrected chi connectivity index (χ1v) is 5.76. The Morgan fingerprint density at radius 2 is 2.29 bits per heavy atom. The fourth-order valence-corrected chi connectivity index (χ4v) is 2.10. The molecule has 2 heterocycles. The van der Waals surface area contributed by atoms with Crippen molar-refractivity contribution in [3.63, 3.8) is 0 Å². The highest BCUT2D eigenvalue weighted by Gasteiger charge is 2.13. The molecular weight excluding hydrogens is 288 g/mol. The van der Waals surface area contributed by atoms with Crippen molar-refractivity contribution in [2.24, 2.45) is 0 Å². The molecule has 0 bridgehead atoms. The van der Waals surface area contributed by atoms with Crippen LogP contribution in [0.15, 0.2) is 22.9 Å². The van der Waals surface area contributed by atoms with E-state index in [2.05, 4.69) is 20.9 Å². The third-order valence-corrected chi connectivity index (χ3v) is 3.15. The van der Waals surface area contributed by atoms with Crippen molar-refractivity contribution in [3.8, 4) is 0 Å². The van der Waals surface area contributed by atoms with Crippen LogP contribution in [-0.4, -0.2) is 27.6 Å². The summed E-state index contributed by atoms with van der Waals surface area (Å²) < 4.78 is 7.64. The number of rotatable bonds is 3. The van der Waals surface area contributed by atoms with Gasteiger partial charge in [0.1, 0.15) is 0 Å². The number of imidazole rings is 1. The molecule has 0 aromatic carbocycles. The van der Waals surface area contributed by atoms with Gasteiger partial charge in [0.25, 0.3) is 0 Å². The van der Waals surface area contributed by atoms with Crippen LogP contribution in [0.5, 0.6) is 0 Å². The second kappa shape index (κ2) is 4.46. The Kier molecular flexibility index (Phi) is 3.17. The van der Waals surface area contributed by atoms with Crippen molar-refractivity contribution in [2.45, 2.75) is 13.0 Å². The number of pyridine rings is 1. The number of carboxylic acids is 1. The number of ether oxygens (including phenoxy) is 1. The van der Waals surface area contributed by atoms with E-state index in [-0.39, 0.29) is 11.8 Å². The zero-order chi connectivity index (χ0) is 12.6. The second-order valence-electron chi connectivity index (χ2n) is 3.66. The Morgan fingerprint density at radius 3 is 2.88 bits per heavy atom. The van der Waals surface area contributed by atoms with Gasteiger partial charge in [-0.1, -0.05) is 0 Å². The number of aromatic nitrogens is 2. The van der Waals surface area contributed by atoms with Gasteiger partial charge in [-0.3, -0.25) is 0 Å². The first-order valence-electron chi connectivity index (χ1n) is 4.97. The number of carbonyl (C=O) groups is 1. The van der Waals surface area contributed by atoms with Crippen molar-refractivity contribution in [1.29, 1.82) is 0 Å². The zero-order valence-electron chi connectivity index (χ0n) is 9.35. The monoisotopic (exact) mass is 298 g/mol. The van der Waals surface area contributed by atoms with Crippen molar-refractivity contribution in [1.82, 2.24) is 9.38 Å². The first kappa shape index (κ1) is 12.1. The summed E-state index contributed by atoms with van der Waals surface area (Å²) in [7, 11) is 1.62. The first-order chi connectivity index (χ1) is 8.02. The minimum Gasteiger partial charge on any atom is -0.476 e. The number of hydrogen-bond acceptors (Lipinski definition) is 3. The minimum absolute atomic E-state index is 0.0212. The van der Waals surface area contributed by atoms with Gasteiger partial charge in [0, 0.05) is 19.5 Å². The standard InChI is InChI=1S/C11H11BrN2O3/c1-6(17-2)7-3-8(12)10-13-9(11(15)16)5-14(10)4-7/h3-6H,1-2H3,(H,15,16)/t6-/m0/s1. The van der Waals surface area contributed by atoms with Gasteiger partial charge < -0.3 is 14.2 Å². The smallest absolute Gasteiger partial charge is 0.356 e. The quantitative estimate of drug-likeness (QED) is 0.945. The van der Waals surface area contributed by atoms with E-state index in [0.717, 1.165) is 10.0 Å². The Hall–Kier alpha value is -1.40. The van der Waals surface area contributed by atoms with E-state index >= 15 is 0 Å². The Morgan fingerprint density at radius 1 is 1.59 bits per heavy atom. The average molecular weight is 299 g/mol. The Labute approximate surface area is 106 Å². The summed E-state index contributed by atoms with van der Waals surface area (Å²) in [6, 6.07) is 1.88. The molecule has 0 aliphatic rings. The topological polar surface area (TPSA) is 63.8 Å². The van der Waals surface area contributed by atoms with E-state index in [1.165, 1.54) is 6.20 Å². The van der Waals surface area contributed by atoms with E-state index in [9.17, 15) is 4.79 Å². The molecule has 0 spiro atoms. The number of hydrogen-bond donors (Lipinski definition) is 1. The highest BCUT2D eigenvalue weighted by molar-refractivity contribution is 9.10. The van der Waals surface area contributed by atoms with E-state index in [0.29, 0.717) is 5.65 Å². The predicted molar refractivity (Wildman–Crippen MR) is 65.3 cm³/mol. The molecule has 0 fully saturated rings. The second-order valence-corrected chi connectivity index (χ2v) is 4.52. The summed E-state index contributed by atoms with van der Waals surface area (Å²) in [5, 5.41) is 8.89. The number of aromatic carboxylic acids is 1. The van der Waals surface area contributed by atoms with Gasteiger partial charge in [0.2, 0.25) is 0 Å². The average Bonchev–Trinajstić information content (AvgIpc) is 2.72. The molecular formula is C11H11BrN2O3. The molecule has 2 rings (SSSR count). The van der Waals surface area contributed by atoms with Crippen LogP contribution < -0.4 is 0 Å². The predicted octanol–water partition coefficient (Wildman–Crippen LogP) is 2.50. The fourth-order valence-electron chi connectivity index (χ4n) is 1.54. The third kappa shape index (κ3) is 2.18. The highest BCUT2D eigenvalue weighted by Crippen LogP contribution is 2.24. The van der Waals surface area contributed by atoms with Gasteiger partial charge in [-0.25, -0.2) is 9.78 Å². The summed E-state index contributed by atoms with van der Waals surface area (Å²) in [6.07, 6.45) is 3.23. The highest BCUT2D eigenvalue weighted by atomic mass is 79.9. The lowest BCUT2D eigenvalue weighted by atomic mass is 10.2. The molecule has 0 unspecified atom stereocenters. The van der Waals surface area contributed by atoms with Crippen molar-refractivity contribution >= 4 is 27.5 Å². The van der Waals surface area contributed by atoms with Gasteiger partial charge in [0.15, 0.2) is 11.3 Å². The molecule has 6 heteroatoms. The lowest BCUT2D eigenvalue weighted by Crippen LogP contribution is -1.98. The summed E-state index contributed by atoms with van der Waals surface area (Å²) in [4.78, 5) is 14.9. The van der Waals surface area contributed by atoms with Crippen molar-refractivity contribution < 1.29 is 14.6 Å².